The molecule has 0 aromatic carbocycles. The predicted molar refractivity (Wildman–Crippen MR) is 169 cm³/mol. The summed E-state index contributed by atoms with van der Waals surface area (Å²) < 4.78 is 60.8. The van der Waals surface area contributed by atoms with Crippen LogP contribution in [0.3, 0.4) is 0 Å². The van der Waals surface area contributed by atoms with E-state index in [1.165, 1.54) is 34.5 Å². The Morgan fingerprint density at radius 2 is 1.91 bits per heavy atom. The molecule has 3 aliphatic rings. The lowest BCUT2D eigenvalue weighted by atomic mass is 9.58. The molecule has 1 saturated carbocycles. The number of imidazole rings is 1. The maximum Gasteiger partial charge on any atom is 0.490 e. The molecule has 7 N–H and O–H groups in total. The molecule has 3 heterocycles. The highest BCUT2D eigenvalue weighted by Crippen LogP contribution is 2.66. The summed E-state index contributed by atoms with van der Waals surface area (Å²) in [5.41, 5.74) is 5.25. The quantitative estimate of drug-likeness (QED) is 0.0360. The van der Waals surface area contributed by atoms with Crippen LogP contribution in [0.4, 0.5) is 5.95 Å². The fourth-order valence-corrected chi connectivity index (χ4v) is 10.9. The summed E-state index contributed by atoms with van der Waals surface area (Å²) in [6.07, 6.45) is 6.92. The topological polar surface area (TPSA) is 268 Å². The standard InChI is InChI=1S/C22H34BN5O13P3S2/c1-22(2,23-8-14-6-12-3-4-13(14)5-12)46-45-11-37-15-7-17(28-10-25-18-19(28)26-21(24)27-20(18)29)39-16(15)9-38-43(33,34)41-44(35,36)40-42(30,31)32/h3-4,10,12-17H,5-9,11H2,1-2H3,(H,33,34)(H,35,36)(H2,30,31,32)(H3,24,26,27,29)/t12?,13?,14?,15-,16?,17-/m1/s1. The number of nitrogens with zero attached hydrogens (tertiary/aromatic N) is 3. The number of anilines is 1. The van der Waals surface area contributed by atoms with Crippen LogP contribution in [-0.4, -0.2) is 75.8 Å². The molecule has 1 saturated heterocycles. The van der Waals surface area contributed by atoms with Gasteiger partial charge < -0.3 is 34.8 Å². The van der Waals surface area contributed by atoms with E-state index in [2.05, 4.69) is 56.9 Å². The molecule has 24 heteroatoms. The Hall–Kier alpha value is -1.02. The Kier molecular flexibility index (Phi) is 11.1. The molecule has 6 unspecified atom stereocenters. The Bertz CT molecular complexity index is 1660. The molecule has 18 nitrogen and oxygen atoms in total. The molecule has 8 atom stereocenters. The molecule has 2 aromatic rings. The zero-order chi connectivity index (χ0) is 33.5. The van der Waals surface area contributed by atoms with E-state index in [1.807, 2.05) is 0 Å². The molecule has 0 spiro atoms. The van der Waals surface area contributed by atoms with Crippen LogP contribution in [0.1, 0.15) is 39.3 Å². The highest BCUT2D eigenvalue weighted by atomic mass is 33.1. The number of fused-ring (bicyclic) bond motifs is 3. The summed E-state index contributed by atoms with van der Waals surface area (Å²) in [6.45, 7) is 3.53. The van der Waals surface area contributed by atoms with Crippen molar-refractivity contribution >= 4 is 69.4 Å². The lowest BCUT2D eigenvalue weighted by molar-refractivity contribution is -0.0522. The Balaban J connectivity index is 1.21. The van der Waals surface area contributed by atoms with Crippen molar-refractivity contribution in [2.24, 2.45) is 17.8 Å². The fourth-order valence-electron chi connectivity index (χ4n) is 5.75. The minimum Gasteiger partial charge on any atom is -0.369 e. The molecule has 5 rings (SSSR count). The van der Waals surface area contributed by atoms with Gasteiger partial charge in [0.1, 0.15) is 25.6 Å². The SMILES string of the molecule is CC(C)([B]CC1CC2C=CC1C2)SSCO[C@@H]1C[C@H](n2cnc3c(=O)[nH]c(N)nc32)OC1COP(=O)(O)OP(=O)(O)OP(=O)(O)O. The van der Waals surface area contributed by atoms with E-state index in [4.69, 9.17) is 29.5 Å². The number of hydrogen-bond acceptors (Lipinski definition) is 14. The summed E-state index contributed by atoms with van der Waals surface area (Å²) in [5.74, 6) is 2.06. The van der Waals surface area contributed by atoms with Crippen molar-refractivity contribution in [1.82, 2.24) is 19.5 Å². The third-order valence-electron chi connectivity index (χ3n) is 7.69. The fraction of sp³-hybridized carbons (Fsp3) is 0.682. The van der Waals surface area contributed by atoms with Crippen molar-refractivity contribution in [2.45, 2.75) is 62.5 Å². The van der Waals surface area contributed by atoms with E-state index >= 15 is 0 Å². The van der Waals surface area contributed by atoms with Crippen LogP contribution in [0, 0.1) is 17.8 Å². The summed E-state index contributed by atoms with van der Waals surface area (Å²) in [5, 5.41) is 0. The van der Waals surface area contributed by atoms with Gasteiger partial charge in [0, 0.05) is 6.42 Å². The van der Waals surface area contributed by atoms with Crippen LogP contribution in [-0.2, 0) is 36.3 Å². The molecular formula is C22H34BN5O13P3S2. The van der Waals surface area contributed by atoms with E-state index < -0.39 is 54.1 Å². The van der Waals surface area contributed by atoms with Gasteiger partial charge in [-0.05, 0) is 35.2 Å². The summed E-state index contributed by atoms with van der Waals surface area (Å²) in [4.78, 5) is 59.7. The first-order valence-electron chi connectivity index (χ1n) is 14.0. The van der Waals surface area contributed by atoms with Crippen LogP contribution in [0.15, 0.2) is 23.3 Å². The number of nitrogens with one attached hydrogen (secondary N) is 1. The second-order valence-electron chi connectivity index (χ2n) is 11.6. The Labute approximate surface area is 271 Å². The van der Waals surface area contributed by atoms with Crippen molar-refractivity contribution in [3.63, 3.8) is 0 Å². The minimum absolute atomic E-state index is 0.00104. The van der Waals surface area contributed by atoms with Crippen LogP contribution in [0.25, 0.3) is 11.2 Å². The predicted octanol–water partition coefficient (Wildman–Crippen LogP) is 3.13. The number of ether oxygens (including phenoxy) is 2. The summed E-state index contributed by atoms with van der Waals surface area (Å²) in [7, 11) is -11.3. The maximum atomic E-state index is 12.4. The number of nitrogens with two attached hydrogens (primary N) is 1. The molecule has 2 aliphatic carbocycles. The lowest BCUT2D eigenvalue weighted by Crippen LogP contribution is -2.29. The zero-order valence-electron chi connectivity index (χ0n) is 24.6. The highest BCUT2D eigenvalue weighted by molar-refractivity contribution is 8.77. The molecule has 0 amide bonds. The van der Waals surface area contributed by atoms with Crippen molar-refractivity contribution in [1.29, 1.82) is 0 Å². The van der Waals surface area contributed by atoms with Crippen LogP contribution in [0.5, 0.6) is 0 Å². The molecule has 255 valence electrons. The number of allylic oxidation sites excluding steroid dienone is 2. The number of hydrogen-bond donors (Lipinski definition) is 6. The summed E-state index contributed by atoms with van der Waals surface area (Å²) in [6, 6.07) is 0. The molecule has 1 aliphatic heterocycles. The van der Waals surface area contributed by atoms with E-state index in [0.717, 1.165) is 6.32 Å². The number of phosphoric ester groups is 1. The molecule has 2 fully saturated rings. The van der Waals surface area contributed by atoms with E-state index in [-0.39, 0.29) is 34.1 Å². The van der Waals surface area contributed by atoms with E-state index in [9.17, 15) is 28.3 Å². The molecule has 46 heavy (non-hydrogen) atoms. The molecule has 2 aromatic heterocycles. The zero-order valence-corrected chi connectivity index (χ0v) is 28.9. The minimum atomic E-state index is -5.71. The average molecular weight is 744 g/mol. The van der Waals surface area contributed by atoms with Gasteiger partial charge in [0.05, 0.1) is 19.0 Å². The van der Waals surface area contributed by atoms with Crippen molar-refractivity contribution < 1.29 is 55.9 Å². The summed E-state index contributed by atoms with van der Waals surface area (Å²) >= 11 is 0. The molecule has 2 bridgehead atoms. The Morgan fingerprint density at radius 1 is 1.15 bits per heavy atom. The number of nitrogen functional groups attached to an aromatic ring is 1. The number of rotatable bonds is 16. The van der Waals surface area contributed by atoms with Crippen molar-refractivity contribution in [3.05, 3.63) is 28.8 Å². The van der Waals surface area contributed by atoms with Gasteiger partial charge in [0.25, 0.3) is 5.56 Å². The number of aromatic amines is 1. The average Bonchev–Trinajstić information content (AvgIpc) is 3.70. The first-order valence-corrected chi connectivity index (χ1v) is 20.8. The first-order chi connectivity index (χ1) is 21.4. The molecular weight excluding hydrogens is 710 g/mol. The van der Waals surface area contributed by atoms with Gasteiger partial charge in [-0.3, -0.25) is 18.9 Å². The van der Waals surface area contributed by atoms with Gasteiger partial charge in [-0.2, -0.15) is 13.6 Å². The van der Waals surface area contributed by atoms with Gasteiger partial charge in [-0.15, -0.1) is 0 Å². The number of aromatic nitrogens is 4. The van der Waals surface area contributed by atoms with Gasteiger partial charge >= 0.3 is 23.5 Å². The lowest BCUT2D eigenvalue weighted by Gasteiger charge is -2.26. The Morgan fingerprint density at radius 3 is 2.59 bits per heavy atom. The third-order valence-corrected chi connectivity index (χ3v) is 14.4. The smallest absolute Gasteiger partial charge is 0.369 e. The van der Waals surface area contributed by atoms with Gasteiger partial charge in [0.2, 0.25) is 5.95 Å². The van der Waals surface area contributed by atoms with Crippen LogP contribution in [0.2, 0.25) is 6.32 Å². The van der Waals surface area contributed by atoms with Gasteiger partial charge in [-0.25, -0.2) is 18.7 Å². The van der Waals surface area contributed by atoms with Gasteiger partial charge in [-0.1, -0.05) is 53.9 Å². The van der Waals surface area contributed by atoms with Crippen molar-refractivity contribution in [3.8, 4) is 0 Å². The monoisotopic (exact) mass is 744 g/mol. The number of H-pyrrole nitrogens is 1. The molecule has 1 radical (unpaired) electrons. The highest BCUT2D eigenvalue weighted by Gasteiger charge is 2.44. The number of phosphoric acid groups is 3. The van der Waals surface area contributed by atoms with E-state index in [1.54, 1.807) is 10.8 Å². The largest absolute Gasteiger partial charge is 0.490 e. The van der Waals surface area contributed by atoms with E-state index in [0.29, 0.717) is 17.8 Å². The first kappa shape index (κ1) is 36.3. The normalized spacial score (nSPS) is 28.9. The maximum absolute atomic E-state index is 12.4. The third kappa shape index (κ3) is 9.57. The second kappa shape index (κ2) is 14.1. The second-order valence-corrected chi connectivity index (χ2v) is 19.0. The van der Waals surface area contributed by atoms with Crippen molar-refractivity contribution in [2.75, 3.05) is 18.3 Å². The van der Waals surface area contributed by atoms with Crippen LogP contribution >= 0.6 is 45.1 Å². The van der Waals surface area contributed by atoms with Crippen LogP contribution < -0.4 is 11.3 Å². The van der Waals surface area contributed by atoms with Gasteiger partial charge in [0.15, 0.2) is 11.2 Å².